The predicted molar refractivity (Wildman–Crippen MR) is 80.2 cm³/mol. The number of rotatable bonds is 3. The minimum Gasteiger partial charge on any atom is -0.486 e. The molecule has 2 aromatic rings. The Labute approximate surface area is 133 Å². The van der Waals surface area contributed by atoms with Crippen LogP contribution in [0.1, 0.15) is 29.7 Å². The van der Waals surface area contributed by atoms with Gasteiger partial charge in [0.05, 0.1) is 12.1 Å². The molecule has 7 heteroatoms. The summed E-state index contributed by atoms with van der Waals surface area (Å²) >= 11 is 0. The molecule has 0 radical (unpaired) electrons. The number of nitrogens with zero attached hydrogens (tertiary/aromatic N) is 3. The zero-order valence-electron chi connectivity index (χ0n) is 12.9. The number of aliphatic hydroxyl groups excluding tert-OH is 1. The molecule has 0 spiro atoms. The molecular weight excluding hydrogens is 298 g/mol. The standard InChI is InChI=1S/C16H19N3O4/c1-10-17-16(23-18-10)13-7-12(20)9-19(13)8-11-2-3-14-15(6-11)22-5-4-21-14/h2-3,6,12-13,20H,4-5,7-9H2,1H3/t12-,13-/m1/s1. The fourth-order valence-corrected chi connectivity index (χ4v) is 3.18. The number of fused-ring (bicyclic) bond motifs is 1. The first-order valence-electron chi connectivity index (χ1n) is 7.80. The lowest BCUT2D eigenvalue weighted by atomic mass is 10.1. The Morgan fingerprint density at radius 1 is 1.26 bits per heavy atom. The monoisotopic (exact) mass is 317 g/mol. The van der Waals surface area contributed by atoms with Crippen LogP contribution in [-0.4, -0.2) is 46.0 Å². The minimum atomic E-state index is -0.385. The summed E-state index contributed by atoms with van der Waals surface area (Å²) in [6.07, 6.45) is 0.219. The second-order valence-electron chi connectivity index (χ2n) is 5.99. The van der Waals surface area contributed by atoms with Crippen LogP contribution in [0.15, 0.2) is 22.7 Å². The largest absolute Gasteiger partial charge is 0.486 e. The van der Waals surface area contributed by atoms with Crippen molar-refractivity contribution in [2.24, 2.45) is 0 Å². The molecule has 0 unspecified atom stereocenters. The first-order chi connectivity index (χ1) is 11.2. The van der Waals surface area contributed by atoms with Gasteiger partial charge in [-0.05, 0) is 31.0 Å². The molecular formula is C16H19N3O4. The summed E-state index contributed by atoms with van der Waals surface area (Å²) in [5.74, 6) is 2.74. The highest BCUT2D eigenvalue weighted by molar-refractivity contribution is 5.43. The Bertz CT molecular complexity index is 702. The van der Waals surface area contributed by atoms with E-state index < -0.39 is 0 Å². The molecule has 0 amide bonds. The molecule has 1 N–H and O–H groups in total. The fourth-order valence-electron chi connectivity index (χ4n) is 3.18. The summed E-state index contributed by atoms with van der Waals surface area (Å²) in [7, 11) is 0. The number of ether oxygens (including phenoxy) is 2. The van der Waals surface area contributed by atoms with Gasteiger partial charge in [0.1, 0.15) is 13.2 Å². The lowest BCUT2D eigenvalue weighted by Gasteiger charge is -2.23. The van der Waals surface area contributed by atoms with Gasteiger partial charge < -0.3 is 19.1 Å². The van der Waals surface area contributed by atoms with Crippen molar-refractivity contribution < 1.29 is 19.1 Å². The number of aliphatic hydroxyl groups is 1. The molecule has 0 saturated carbocycles. The zero-order chi connectivity index (χ0) is 15.8. The number of hydrogen-bond donors (Lipinski definition) is 1. The zero-order valence-corrected chi connectivity index (χ0v) is 12.9. The average molecular weight is 317 g/mol. The predicted octanol–water partition coefficient (Wildman–Crippen LogP) is 1.46. The second-order valence-corrected chi connectivity index (χ2v) is 5.99. The summed E-state index contributed by atoms with van der Waals surface area (Å²) in [5.41, 5.74) is 1.10. The highest BCUT2D eigenvalue weighted by Crippen LogP contribution is 2.35. The van der Waals surface area contributed by atoms with Crippen LogP contribution in [-0.2, 0) is 6.54 Å². The highest BCUT2D eigenvalue weighted by Gasteiger charge is 2.35. The van der Waals surface area contributed by atoms with E-state index in [2.05, 4.69) is 15.0 Å². The van der Waals surface area contributed by atoms with Gasteiger partial charge in [0, 0.05) is 13.1 Å². The molecule has 3 heterocycles. The van der Waals surface area contributed by atoms with Crippen molar-refractivity contribution in [2.45, 2.75) is 32.0 Å². The van der Waals surface area contributed by atoms with Gasteiger partial charge in [0.25, 0.3) is 0 Å². The minimum absolute atomic E-state index is 0.0561. The highest BCUT2D eigenvalue weighted by atomic mass is 16.6. The molecule has 1 aromatic heterocycles. The molecule has 2 aliphatic heterocycles. The molecule has 1 saturated heterocycles. The Morgan fingerprint density at radius 2 is 2.09 bits per heavy atom. The van der Waals surface area contributed by atoms with Crippen molar-refractivity contribution >= 4 is 0 Å². The molecule has 1 aromatic carbocycles. The molecule has 0 aliphatic carbocycles. The van der Waals surface area contributed by atoms with E-state index in [1.807, 2.05) is 18.2 Å². The molecule has 1 fully saturated rings. The van der Waals surface area contributed by atoms with Gasteiger partial charge in [-0.3, -0.25) is 4.90 Å². The van der Waals surface area contributed by atoms with Gasteiger partial charge >= 0.3 is 0 Å². The van der Waals surface area contributed by atoms with E-state index in [1.54, 1.807) is 6.92 Å². The molecule has 2 atom stereocenters. The topological polar surface area (TPSA) is 80.9 Å². The first-order valence-corrected chi connectivity index (χ1v) is 7.80. The van der Waals surface area contributed by atoms with E-state index in [9.17, 15) is 5.11 Å². The molecule has 2 aliphatic rings. The third-order valence-corrected chi connectivity index (χ3v) is 4.20. The molecule has 0 bridgehead atoms. The molecule has 7 nitrogen and oxygen atoms in total. The summed E-state index contributed by atoms with van der Waals surface area (Å²) in [5, 5.41) is 13.9. The van der Waals surface area contributed by atoms with Gasteiger partial charge in [0.15, 0.2) is 17.3 Å². The number of benzene rings is 1. The lowest BCUT2D eigenvalue weighted by molar-refractivity contribution is 0.166. The fraction of sp³-hybridized carbons (Fsp3) is 0.500. The van der Waals surface area contributed by atoms with Crippen LogP contribution in [0.2, 0.25) is 0 Å². The van der Waals surface area contributed by atoms with Crippen LogP contribution in [0.3, 0.4) is 0 Å². The quantitative estimate of drug-likeness (QED) is 0.917. The van der Waals surface area contributed by atoms with Crippen LogP contribution in [0.4, 0.5) is 0 Å². The van der Waals surface area contributed by atoms with E-state index in [0.717, 1.165) is 17.1 Å². The number of likely N-dealkylation sites (tertiary alicyclic amines) is 1. The molecule has 122 valence electrons. The van der Waals surface area contributed by atoms with Gasteiger partial charge in [-0.25, -0.2) is 0 Å². The number of hydrogen-bond acceptors (Lipinski definition) is 7. The van der Waals surface area contributed by atoms with Crippen LogP contribution in [0.25, 0.3) is 0 Å². The summed E-state index contributed by atoms with van der Waals surface area (Å²) < 4.78 is 16.5. The van der Waals surface area contributed by atoms with E-state index in [-0.39, 0.29) is 12.1 Å². The van der Waals surface area contributed by atoms with Gasteiger partial charge in [0.2, 0.25) is 5.89 Å². The van der Waals surface area contributed by atoms with Crippen molar-refractivity contribution in [1.82, 2.24) is 15.0 Å². The van der Waals surface area contributed by atoms with E-state index in [0.29, 0.717) is 44.4 Å². The van der Waals surface area contributed by atoms with Gasteiger partial charge in [-0.2, -0.15) is 4.98 Å². The third-order valence-electron chi connectivity index (χ3n) is 4.20. The summed E-state index contributed by atoms with van der Waals surface area (Å²) in [6, 6.07) is 5.89. The number of aromatic nitrogens is 2. The van der Waals surface area contributed by atoms with Crippen molar-refractivity contribution in [3.8, 4) is 11.5 Å². The van der Waals surface area contributed by atoms with Crippen molar-refractivity contribution in [3.05, 3.63) is 35.5 Å². The molecule has 23 heavy (non-hydrogen) atoms. The smallest absolute Gasteiger partial charge is 0.244 e. The normalized spacial score (nSPS) is 24.1. The maximum atomic E-state index is 10.0. The first kappa shape index (κ1) is 14.5. The van der Waals surface area contributed by atoms with Gasteiger partial charge in [-0.15, -0.1) is 0 Å². The average Bonchev–Trinajstić information content (AvgIpc) is 3.13. The SMILES string of the molecule is Cc1noc([C@H]2C[C@@H](O)CN2Cc2ccc3c(c2)OCCO3)n1. The van der Waals surface area contributed by atoms with Crippen molar-refractivity contribution in [2.75, 3.05) is 19.8 Å². The summed E-state index contributed by atoms with van der Waals surface area (Å²) in [6.45, 7) is 4.22. The van der Waals surface area contributed by atoms with Gasteiger partial charge in [-0.1, -0.05) is 11.2 Å². The van der Waals surface area contributed by atoms with Crippen molar-refractivity contribution in [3.63, 3.8) is 0 Å². The Hall–Kier alpha value is -2.12. The second kappa shape index (κ2) is 5.82. The van der Waals surface area contributed by atoms with E-state index in [1.165, 1.54) is 0 Å². The molecule has 4 rings (SSSR count). The van der Waals surface area contributed by atoms with Crippen LogP contribution in [0, 0.1) is 6.92 Å². The lowest BCUT2D eigenvalue weighted by Crippen LogP contribution is -2.24. The Kier molecular flexibility index (Phi) is 3.66. The maximum Gasteiger partial charge on any atom is 0.244 e. The Balaban J connectivity index is 1.54. The Morgan fingerprint density at radius 3 is 2.87 bits per heavy atom. The number of aryl methyl sites for hydroxylation is 1. The van der Waals surface area contributed by atoms with Crippen LogP contribution >= 0.6 is 0 Å². The maximum absolute atomic E-state index is 10.0. The number of β-amino-alcohol motifs (C(OH)–C–C–N with tert-alkyl or cyclic N) is 1. The third kappa shape index (κ3) is 2.89. The van der Waals surface area contributed by atoms with Crippen LogP contribution in [0.5, 0.6) is 11.5 Å². The summed E-state index contributed by atoms with van der Waals surface area (Å²) in [4.78, 5) is 6.47. The van der Waals surface area contributed by atoms with E-state index >= 15 is 0 Å². The van der Waals surface area contributed by atoms with Crippen molar-refractivity contribution in [1.29, 1.82) is 0 Å². The van der Waals surface area contributed by atoms with E-state index in [4.69, 9.17) is 14.0 Å². The van der Waals surface area contributed by atoms with Crippen LogP contribution < -0.4 is 9.47 Å².